The van der Waals surface area contributed by atoms with Crippen LogP contribution in [0.3, 0.4) is 0 Å². The Morgan fingerprint density at radius 3 is 1.74 bits per heavy atom. The molecule has 214 valence electrons. The number of nitrogens with zero attached hydrogens (tertiary/aromatic N) is 7. The van der Waals surface area contributed by atoms with Crippen LogP contribution < -0.4 is 0 Å². The molecule has 0 aliphatic carbocycles. The van der Waals surface area contributed by atoms with Crippen LogP contribution >= 0.6 is 0 Å². The van der Waals surface area contributed by atoms with Gasteiger partial charge in [-0.1, -0.05) is 91.0 Å². The molecule has 0 saturated carbocycles. The second-order valence-electron chi connectivity index (χ2n) is 11.4. The highest BCUT2D eigenvalue weighted by Crippen LogP contribution is 2.45. The van der Waals surface area contributed by atoms with Crippen molar-refractivity contribution in [2.75, 3.05) is 0 Å². The molecular formula is C39H23N7. The summed E-state index contributed by atoms with van der Waals surface area (Å²) in [5.41, 5.74) is 8.66. The average molecular weight is 590 g/mol. The first-order valence-corrected chi connectivity index (χ1v) is 15.2. The van der Waals surface area contributed by atoms with Gasteiger partial charge in [0.15, 0.2) is 5.82 Å². The van der Waals surface area contributed by atoms with Crippen molar-refractivity contribution in [3.63, 3.8) is 0 Å². The molecule has 10 rings (SSSR count). The molecule has 7 heteroatoms. The Hall–Kier alpha value is -6.47. The van der Waals surface area contributed by atoms with Crippen LogP contribution in [-0.4, -0.2) is 34.3 Å². The van der Waals surface area contributed by atoms with Crippen LogP contribution in [0.1, 0.15) is 0 Å². The Bertz CT molecular complexity index is 2800. The third-order valence-electron chi connectivity index (χ3n) is 8.85. The molecule has 4 heterocycles. The average Bonchev–Trinajstić information content (AvgIpc) is 3.66. The fraction of sp³-hybridized carbons (Fsp3) is 0. The van der Waals surface area contributed by atoms with Crippen molar-refractivity contribution in [3.05, 3.63) is 140 Å². The van der Waals surface area contributed by atoms with Gasteiger partial charge in [-0.15, -0.1) is 10.2 Å². The molecule has 0 radical (unpaired) electrons. The lowest BCUT2D eigenvalue weighted by Crippen LogP contribution is -2.02. The van der Waals surface area contributed by atoms with Crippen LogP contribution in [0, 0.1) is 0 Å². The first kappa shape index (κ1) is 24.9. The number of benzene rings is 6. The minimum absolute atomic E-state index is 0.385. The highest BCUT2D eigenvalue weighted by Gasteiger charge is 2.26. The van der Waals surface area contributed by atoms with Gasteiger partial charge in [-0.05, 0) is 42.5 Å². The maximum atomic E-state index is 5.27. The van der Waals surface area contributed by atoms with E-state index in [2.05, 4.69) is 122 Å². The topological polar surface area (TPSA) is 74.3 Å². The van der Waals surface area contributed by atoms with E-state index in [0.717, 1.165) is 76.9 Å². The van der Waals surface area contributed by atoms with Crippen molar-refractivity contribution in [1.29, 1.82) is 0 Å². The van der Waals surface area contributed by atoms with Crippen molar-refractivity contribution in [1.82, 2.24) is 34.3 Å². The number of hydrogen-bond acceptors (Lipinski definition) is 5. The Morgan fingerprint density at radius 2 is 1.02 bits per heavy atom. The van der Waals surface area contributed by atoms with Gasteiger partial charge in [0, 0.05) is 44.5 Å². The molecule has 0 amide bonds. The molecule has 7 nitrogen and oxygen atoms in total. The second kappa shape index (κ2) is 9.51. The van der Waals surface area contributed by atoms with Crippen molar-refractivity contribution in [2.45, 2.75) is 0 Å². The minimum atomic E-state index is 0.385. The predicted octanol–water partition coefficient (Wildman–Crippen LogP) is 8.83. The van der Waals surface area contributed by atoms with E-state index in [-0.39, 0.29) is 0 Å². The highest BCUT2D eigenvalue weighted by molar-refractivity contribution is 6.35. The standard InChI is InChI=1S/C39H23N7/c1-3-14-25(15-4-1)45-30-21-11-8-18-27(30)32-34-35(42-39(44-43-34)38-40-23-24-13-7-10-20-29(24)41-38)37-33(36(32)45)28-19-9-12-22-31(28)46(37)26-16-5-2-6-17-26/h1-23H. The van der Waals surface area contributed by atoms with Gasteiger partial charge in [0.25, 0.3) is 0 Å². The zero-order valence-corrected chi connectivity index (χ0v) is 24.4. The smallest absolute Gasteiger partial charge is 0.220 e. The van der Waals surface area contributed by atoms with Crippen molar-refractivity contribution in [2.24, 2.45) is 0 Å². The molecule has 6 aromatic carbocycles. The van der Waals surface area contributed by atoms with E-state index in [0.29, 0.717) is 11.6 Å². The molecule has 0 unspecified atom stereocenters. The van der Waals surface area contributed by atoms with E-state index >= 15 is 0 Å². The largest absolute Gasteiger partial charge is 0.308 e. The summed E-state index contributed by atoms with van der Waals surface area (Å²) < 4.78 is 4.66. The van der Waals surface area contributed by atoms with Crippen LogP contribution in [0.5, 0.6) is 0 Å². The molecule has 46 heavy (non-hydrogen) atoms. The molecule has 0 bridgehead atoms. The Morgan fingerprint density at radius 1 is 0.435 bits per heavy atom. The summed E-state index contributed by atoms with van der Waals surface area (Å²) >= 11 is 0. The summed E-state index contributed by atoms with van der Waals surface area (Å²) in [4.78, 5) is 14.8. The maximum absolute atomic E-state index is 5.27. The molecule has 10 aromatic rings. The lowest BCUT2D eigenvalue weighted by Gasteiger charge is -2.12. The third kappa shape index (κ3) is 3.45. The van der Waals surface area contributed by atoms with Crippen LogP contribution in [0.2, 0.25) is 0 Å². The van der Waals surface area contributed by atoms with Crippen molar-refractivity contribution < 1.29 is 0 Å². The molecule has 0 aliphatic heterocycles. The van der Waals surface area contributed by atoms with E-state index < -0.39 is 0 Å². The predicted molar refractivity (Wildman–Crippen MR) is 185 cm³/mol. The summed E-state index contributed by atoms with van der Waals surface area (Å²) in [7, 11) is 0. The van der Waals surface area contributed by atoms with Gasteiger partial charge >= 0.3 is 0 Å². The Labute approximate surface area is 262 Å². The highest BCUT2D eigenvalue weighted by atomic mass is 15.2. The van der Waals surface area contributed by atoms with E-state index in [1.54, 1.807) is 0 Å². The first-order valence-electron chi connectivity index (χ1n) is 15.2. The number of hydrogen-bond donors (Lipinski definition) is 0. The summed E-state index contributed by atoms with van der Waals surface area (Å²) in [6.07, 6.45) is 1.82. The number of aromatic nitrogens is 7. The van der Waals surface area contributed by atoms with Gasteiger partial charge in [0.05, 0.1) is 27.6 Å². The second-order valence-corrected chi connectivity index (χ2v) is 11.4. The maximum Gasteiger partial charge on any atom is 0.220 e. The summed E-state index contributed by atoms with van der Waals surface area (Å²) in [5.74, 6) is 0.825. The summed E-state index contributed by atoms with van der Waals surface area (Å²) in [6, 6.07) is 46.0. The van der Waals surface area contributed by atoms with E-state index in [9.17, 15) is 0 Å². The SMILES string of the molecule is c1ccc(-n2c3ccccc3c3c2c2nc(-c4ncc5ccccc5n4)nnc2c2c4ccccc4n(-c4ccccc4)c23)cc1. The van der Waals surface area contributed by atoms with Gasteiger partial charge in [0.2, 0.25) is 5.82 Å². The molecule has 0 atom stereocenters. The molecule has 0 fully saturated rings. The molecule has 0 aliphatic rings. The molecule has 0 spiro atoms. The fourth-order valence-corrected chi connectivity index (χ4v) is 6.94. The van der Waals surface area contributed by atoms with Crippen molar-refractivity contribution >= 4 is 65.5 Å². The van der Waals surface area contributed by atoms with Gasteiger partial charge in [0.1, 0.15) is 11.0 Å². The summed E-state index contributed by atoms with van der Waals surface area (Å²) in [5, 5.41) is 15.0. The van der Waals surface area contributed by atoms with Gasteiger partial charge < -0.3 is 9.13 Å². The van der Waals surface area contributed by atoms with Gasteiger partial charge in [-0.2, -0.15) is 0 Å². The van der Waals surface area contributed by atoms with E-state index in [1.807, 2.05) is 36.5 Å². The number of rotatable bonds is 3. The van der Waals surface area contributed by atoms with Crippen LogP contribution in [0.4, 0.5) is 0 Å². The molecule has 0 saturated heterocycles. The summed E-state index contributed by atoms with van der Waals surface area (Å²) in [6.45, 7) is 0. The normalized spacial score (nSPS) is 11.9. The minimum Gasteiger partial charge on any atom is -0.308 e. The molecule has 0 N–H and O–H groups in total. The lowest BCUT2D eigenvalue weighted by atomic mass is 10.1. The van der Waals surface area contributed by atoms with Gasteiger partial charge in [-0.3, -0.25) is 0 Å². The lowest BCUT2D eigenvalue weighted by molar-refractivity contribution is 1.01. The van der Waals surface area contributed by atoms with Crippen LogP contribution in [-0.2, 0) is 0 Å². The fourth-order valence-electron chi connectivity index (χ4n) is 6.94. The van der Waals surface area contributed by atoms with Gasteiger partial charge in [-0.25, -0.2) is 15.0 Å². The molecule has 4 aromatic heterocycles. The Kier molecular flexibility index (Phi) is 5.15. The quantitative estimate of drug-likeness (QED) is 0.206. The van der Waals surface area contributed by atoms with E-state index in [1.165, 1.54) is 0 Å². The van der Waals surface area contributed by atoms with Crippen LogP contribution in [0.25, 0.3) is 88.6 Å². The number of fused-ring (bicyclic) bond motifs is 11. The zero-order valence-electron chi connectivity index (χ0n) is 24.4. The first-order chi connectivity index (χ1) is 22.8. The van der Waals surface area contributed by atoms with Crippen molar-refractivity contribution in [3.8, 4) is 23.0 Å². The zero-order chi connectivity index (χ0) is 30.2. The number of para-hydroxylation sites is 5. The Balaban J connectivity index is 1.46. The third-order valence-corrected chi connectivity index (χ3v) is 8.85. The monoisotopic (exact) mass is 589 g/mol. The molecular weight excluding hydrogens is 566 g/mol. The van der Waals surface area contributed by atoms with E-state index in [4.69, 9.17) is 15.1 Å². The van der Waals surface area contributed by atoms with Crippen LogP contribution in [0.15, 0.2) is 140 Å².